The lowest BCUT2D eigenvalue weighted by molar-refractivity contribution is -0.101. The fourth-order valence-corrected chi connectivity index (χ4v) is 4.46. The SMILES string of the molecule is C=CC(O)=CC=CC1C(O)Oc2cc(O)ccc2[C@@H]1O.O.Oc1ccc([C@@H]2C(O)Oc3cc(O)ccc3[C@@H]2O)cc1. The van der Waals surface area contributed by atoms with Crippen LogP contribution < -0.4 is 9.47 Å². The van der Waals surface area contributed by atoms with Crippen LogP contribution in [0, 0.1) is 5.92 Å². The van der Waals surface area contributed by atoms with Gasteiger partial charge in [0.1, 0.15) is 34.5 Å². The van der Waals surface area contributed by atoms with Gasteiger partial charge in [-0.05, 0) is 54.1 Å². The van der Waals surface area contributed by atoms with E-state index < -0.39 is 36.6 Å². The van der Waals surface area contributed by atoms with Gasteiger partial charge >= 0.3 is 0 Å². The molecular formula is C30H32O11. The Morgan fingerprint density at radius 2 is 1.22 bits per heavy atom. The summed E-state index contributed by atoms with van der Waals surface area (Å²) < 4.78 is 10.6. The first-order valence-electron chi connectivity index (χ1n) is 12.3. The second-order valence-electron chi connectivity index (χ2n) is 9.23. The molecule has 0 saturated carbocycles. The van der Waals surface area contributed by atoms with Gasteiger partial charge in [0.25, 0.3) is 0 Å². The molecular weight excluding hydrogens is 536 g/mol. The normalized spacial score (nSPS) is 24.8. The zero-order valence-electron chi connectivity index (χ0n) is 21.6. The molecule has 41 heavy (non-hydrogen) atoms. The van der Waals surface area contributed by atoms with Crippen LogP contribution in [0.1, 0.15) is 34.8 Å². The smallest absolute Gasteiger partial charge is 0.207 e. The maximum atomic E-state index is 10.4. The summed E-state index contributed by atoms with van der Waals surface area (Å²) in [6.07, 6.45) is 1.29. The Morgan fingerprint density at radius 3 is 1.78 bits per heavy atom. The summed E-state index contributed by atoms with van der Waals surface area (Å²) in [5.74, 6) is -0.734. The van der Waals surface area contributed by atoms with Crippen molar-refractivity contribution in [3.63, 3.8) is 0 Å². The van der Waals surface area contributed by atoms with Crippen LogP contribution >= 0.6 is 0 Å². The number of benzene rings is 3. The molecule has 3 aromatic rings. The molecule has 10 N–H and O–H groups in total. The summed E-state index contributed by atoms with van der Waals surface area (Å²) in [6.45, 7) is 3.39. The summed E-state index contributed by atoms with van der Waals surface area (Å²) in [6, 6.07) is 14.9. The number of rotatable bonds is 4. The van der Waals surface area contributed by atoms with Gasteiger partial charge in [0.2, 0.25) is 12.6 Å². The average molecular weight is 569 g/mol. The fourth-order valence-electron chi connectivity index (χ4n) is 4.46. The molecule has 11 heteroatoms. The van der Waals surface area contributed by atoms with Crippen molar-refractivity contribution < 1.29 is 55.8 Å². The second kappa shape index (κ2) is 13.2. The van der Waals surface area contributed by atoms with Crippen LogP contribution in [0.3, 0.4) is 0 Å². The highest BCUT2D eigenvalue weighted by atomic mass is 16.6. The highest BCUT2D eigenvalue weighted by Crippen LogP contribution is 2.44. The lowest BCUT2D eigenvalue weighted by Crippen LogP contribution is -2.34. The number of allylic oxidation sites excluding steroid dienone is 3. The van der Waals surface area contributed by atoms with Crippen molar-refractivity contribution >= 4 is 0 Å². The van der Waals surface area contributed by atoms with E-state index in [-0.39, 0.29) is 40.0 Å². The highest BCUT2D eigenvalue weighted by Gasteiger charge is 2.38. The summed E-state index contributed by atoms with van der Waals surface area (Å²) in [7, 11) is 0. The third kappa shape index (κ3) is 6.98. The molecule has 3 aromatic carbocycles. The summed E-state index contributed by atoms with van der Waals surface area (Å²) >= 11 is 0. The molecule has 5 rings (SSSR count). The summed E-state index contributed by atoms with van der Waals surface area (Å²) in [4.78, 5) is 0. The Bertz CT molecular complexity index is 1400. The number of phenols is 3. The number of hydrogen-bond donors (Lipinski definition) is 8. The lowest BCUT2D eigenvalue weighted by atomic mass is 9.86. The van der Waals surface area contributed by atoms with E-state index in [4.69, 9.17) is 9.47 Å². The van der Waals surface area contributed by atoms with Gasteiger partial charge in [0.05, 0.1) is 24.0 Å². The molecule has 6 atom stereocenters. The van der Waals surface area contributed by atoms with Gasteiger partial charge < -0.3 is 55.8 Å². The molecule has 0 fully saturated rings. The molecule has 0 aromatic heterocycles. The highest BCUT2D eigenvalue weighted by molar-refractivity contribution is 5.46. The van der Waals surface area contributed by atoms with Gasteiger partial charge in [-0.25, -0.2) is 0 Å². The third-order valence-corrected chi connectivity index (χ3v) is 6.56. The van der Waals surface area contributed by atoms with E-state index in [1.54, 1.807) is 24.3 Å². The Labute approximate surface area is 235 Å². The Morgan fingerprint density at radius 1 is 0.707 bits per heavy atom. The predicted octanol–water partition coefficient (Wildman–Crippen LogP) is 2.74. The zero-order chi connectivity index (χ0) is 29.0. The number of ether oxygens (including phenoxy) is 2. The van der Waals surface area contributed by atoms with E-state index in [1.807, 2.05) is 0 Å². The van der Waals surface area contributed by atoms with Gasteiger partial charge in [-0.3, -0.25) is 0 Å². The van der Waals surface area contributed by atoms with Crippen LogP contribution in [0.4, 0.5) is 0 Å². The monoisotopic (exact) mass is 568 g/mol. The van der Waals surface area contributed by atoms with E-state index in [2.05, 4.69) is 6.58 Å². The number of fused-ring (bicyclic) bond motifs is 2. The van der Waals surface area contributed by atoms with Gasteiger partial charge in [0.15, 0.2) is 0 Å². The van der Waals surface area contributed by atoms with Crippen molar-refractivity contribution in [3.05, 3.63) is 114 Å². The van der Waals surface area contributed by atoms with Crippen molar-refractivity contribution in [2.45, 2.75) is 30.7 Å². The number of aromatic hydroxyl groups is 3. The van der Waals surface area contributed by atoms with Gasteiger partial charge in [-0.15, -0.1) is 0 Å². The fraction of sp³-hybridized carbons (Fsp3) is 0.200. The minimum absolute atomic E-state index is 0. The van der Waals surface area contributed by atoms with Crippen molar-refractivity contribution in [2.75, 3.05) is 0 Å². The van der Waals surface area contributed by atoms with Crippen molar-refractivity contribution in [2.24, 2.45) is 5.92 Å². The minimum atomic E-state index is -1.24. The van der Waals surface area contributed by atoms with Crippen molar-refractivity contribution in [3.8, 4) is 28.7 Å². The first kappa shape index (κ1) is 31.0. The molecule has 218 valence electrons. The Kier molecular flexibility index (Phi) is 10.0. The predicted molar refractivity (Wildman–Crippen MR) is 147 cm³/mol. The molecule has 0 saturated heterocycles. The van der Waals surface area contributed by atoms with Gasteiger partial charge in [0, 0.05) is 23.3 Å². The molecule has 11 nitrogen and oxygen atoms in total. The molecule has 2 heterocycles. The first-order valence-corrected chi connectivity index (χ1v) is 12.3. The van der Waals surface area contributed by atoms with Crippen LogP contribution in [0.15, 0.2) is 97.3 Å². The third-order valence-electron chi connectivity index (χ3n) is 6.56. The number of phenolic OH excluding ortho intramolecular Hbond substituents is 3. The van der Waals surface area contributed by atoms with Gasteiger partial charge in [-0.1, -0.05) is 30.9 Å². The molecule has 0 spiro atoms. The molecule has 0 radical (unpaired) electrons. The second-order valence-corrected chi connectivity index (χ2v) is 9.23. The van der Waals surface area contributed by atoms with Crippen molar-refractivity contribution in [1.29, 1.82) is 0 Å². The van der Waals surface area contributed by atoms with Crippen LogP contribution in [0.5, 0.6) is 28.7 Å². The van der Waals surface area contributed by atoms with E-state index in [1.165, 1.54) is 60.7 Å². The molecule has 0 amide bonds. The van der Waals surface area contributed by atoms with E-state index in [9.17, 15) is 40.9 Å². The standard InChI is InChI=1S/C15H14O5.C15H16O5.H2O/c16-9-3-1-8(2-4-9)13-14(18)11-6-5-10(17)7-12(11)20-15(13)19;1-2-9(16)4-3-5-12-14(18)11-7-6-10(17)8-13(11)20-15(12)19;/h1-7,13-19H;2-8,12,14-19H,1H2;1H2/t13-,14-,15?;12?,14-,15?;/m00./s1. The Balaban J connectivity index is 0.000000220. The molecule has 2 aliphatic rings. The van der Waals surface area contributed by atoms with Crippen LogP contribution in [-0.2, 0) is 0 Å². The zero-order valence-corrected chi connectivity index (χ0v) is 21.6. The minimum Gasteiger partial charge on any atom is -0.508 e. The van der Waals surface area contributed by atoms with Crippen LogP contribution in [0.25, 0.3) is 0 Å². The first-order chi connectivity index (χ1) is 19.1. The Hall–Kier alpha value is -4.52. The maximum Gasteiger partial charge on any atom is 0.207 e. The van der Waals surface area contributed by atoms with Crippen LogP contribution in [0.2, 0.25) is 0 Å². The molecule has 0 aliphatic carbocycles. The molecule has 2 aliphatic heterocycles. The van der Waals surface area contributed by atoms with Gasteiger partial charge in [-0.2, -0.15) is 0 Å². The van der Waals surface area contributed by atoms with Crippen molar-refractivity contribution in [1.82, 2.24) is 0 Å². The summed E-state index contributed by atoms with van der Waals surface area (Å²) in [5, 5.41) is 77.9. The number of aliphatic hydroxyl groups excluding tert-OH is 5. The number of hydrogen-bond acceptors (Lipinski definition) is 10. The average Bonchev–Trinajstić information content (AvgIpc) is 2.91. The molecule has 3 unspecified atom stereocenters. The van der Waals surface area contributed by atoms with E-state index in [0.29, 0.717) is 16.7 Å². The van der Waals surface area contributed by atoms with Crippen LogP contribution in [-0.4, -0.2) is 58.9 Å². The summed E-state index contributed by atoms with van der Waals surface area (Å²) in [5.41, 5.74) is 1.65. The quantitative estimate of drug-likeness (QED) is 0.170. The number of aliphatic hydroxyl groups is 5. The van der Waals surface area contributed by atoms with E-state index in [0.717, 1.165) is 0 Å². The van der Waals surface area contributed by atoms with E-state index >= 15 is 0 Å². The topological polar surface area (TPSA) is 212 Å². The molecule has 0 bridgehead atoms. The lowest BCUT2D eigenvalue weighted by Gasteiger charge is -2.34. The largest absolute Gasteiger partial charge is 0.508 e. The maximum absolute atomic E-state index is 10.4.